The van der Waals surface area contributed by atoms with Gasteiger partial charge in [-0.2, -0.15) is 0 Å². The maximum Gasteiger partial charge on any atom is 0.242 e. The van der Waals surface area contributed by atoms with Crippen LogP contribution in [0.15, 0.2) is 21.7 Å². The number of pyridine rings is 1. The molecule has 0 aromatic carbocycles. The minimum Gasteiger partial charge on any atom is -0.394 e. The third-order valence-electron chi connectivity index (χ3n) is 3.24. The van der Waals surface area contributed by atoms with Crippen LogP contribution in [0.3, 0.4) is 0 Å². The fraction of sp³-hybridized carbons (Fsp3) is 0.500. The van der Waals surface area contributed by atoms with Gasteiger partial charge in [0, 0.05) is 38.6 Å². The summed E-state index contributed by atoms with van der Waals surface area (Å²) >= 11 is 3.15. The summed E-state index contributed by atoms with van der Waals surface area (Å²) < 4.78 is 2.01. The molecule has 1 amide bonds. The molecule has 1 aromatic rings. The van der Waals surface area contributed by atoms with Crippen molar-refractivity contribution in [2.75, 3.05) is 39.0 Å². The van der Waals surface area contributed by atoms with Crippen LogP contribution in [0.1, 0.15) is 0 Å². The smallest absolute Gasteiger partial charge is 0.242 e. The molecular formula is C12H17BrN4O2. The largest absolute Gasteiger partial charge is 0.394 e. The summed E-state index contributed by atoms with van der Waals surface area (Å²) in [6.07, 6.45) is 3.09. The Labute approximate surface area is 119 Å². The van der Waals surface area contributed by atoms with Crippen LogP contribution in [0.25, 0.3) is 0 Å². The number of anilines is 1. The van der Waals surface area contributed by atoms with Gasteiger partial charge in [0.1, 0.15) is 6.54 Å². The zero-order chi connectivity index (χ0) is 14.0. The number of nitrogens with two attached hydrogens (primary N) is 1. The summed E-state index contributed by atoms with van der Waals surface area (Å²) in [5.74, 6) is 0.0445. The van der Waals surface area contributed by atoms with Crippen molar-refractivity contribution in [3.8, 4) is 0 Å². The van der Waals surface area contributed by atoms with E-state index in [1.165, 1.54) is 6.20 Å². The van der Waals surface area contributed by atoms with Crippen molar-refractivity contribution in [1.82, 2.24) is 14.4 Å². The normalized spacial score (nSPS) is 16.6. The highest BCUT2D eigenvalue weighted by Gasteiger charge is 2.19. The number of piperazine rings is 1. The highest BCUT2D eigenvalue weighted by molar-refractivity contribution is 9.10. The fourth-order valence-electron chi connectivity index (χ4n) is 2.02. The molecule has 0 unspecified atom stereocenters. The van der Waals surface area contributed by atoms with Gasteiger partial charge in [-0.15, -0.1) is 0 Å². The molecule has 0 radical (unpaired) electrons. The first kappa shape index (κ1) is 14.1. The quantitative estimate of drug-likeness (QED) is 0.827. The lowest BCUT2D eigenvalue weighted by Crippen LogP contribution is -2.48. The zero-order valence-corrected chi connectivity index (χ0v) is 12.4. The molecule has 1 fully saturated rings. The Morgan fingerprint density at radius 1 is 1.32 bits per heavy atom. The van der Waals surface area contributed by atoms with E-state index in [2.05, 4.69) is 20.8 Å². The Hall–Kier alpha value is -1.34. The van der Waals surface area contributed by atoms with E-state index in [9.17, 15) is 9.59 Å². The van der Waals surface area contributed by atoms with E-state index in [4.69, 9.17) is 5.73 Å². The molecule has 1 saturated heterocycles. The van der Waals surface area contributed by atoms with Gasteiger partial charge in [-0.25, -0.2) is 0 Å². The topological polar surface area (TPSA) is 71.6 Å². The number of aromatic nitrogens is 1. The lowest BCUT2D eigenvalue weighted by Gasteiger charge is -2.32. The molecule has 7 heteroatoms. The van der Waals surface area contributed by atoms with Gasteiger partial charge in [-0.05, 0) is 23.0 Å². The Bertz CT molecular complexity index is 509. The summed E-state index contributed by atoms with van der Waals surface area (Å²) in [5.41, 5.74) is 5.49. The van der Waals surface area contributed by atoms with Gasteiger partial charge in [0.2, 0.25) is 11.3 Å². The summed E-state index contributed by atoms with van der Waals surface area (Å²) in [6.45, 7) is 3.47. The van der Waals surface area contributed by atoms with Crippen molar-refractivity contribution < 1.29 is 4.79 Å². The molecule has 2 rings (SSSR count). The van der Waals surface area contributed by atoms with E-state index in [1.54, 1.807) is 10.8 Å². The molecule has 19 heavy (non-hydrogen) atoms. The second kappa shape index (κ2) is 5.75. The van der Waals surface area contributed by atoms with Crippen LogP contribution in [0.2, 0.25) is 0 Å². The molecule has 0 aliphatic carbocycles. The summed E-state index contributed by atoms with van der Waals surface area (Å²) in [6, 6.07) is 0. The average Bonchev–Trinajstić information content (AvgIpc) is 2.36. The predicted octanol–water partition coefficient (Wildman–Crippen LogP) is -0.0330. The first-order valence-corrected chi connectivity index (χ1v) is 6.88. The predicted molar refractivity (Wildman–Crippen MR) is 76.9 cm³/mol. The highest BCUT2D eigenvalue weighted by atomic mass is 79.9. The van der Waals surface area contributed by atoms with E-state index in [0.29, 0.717) is 4.47 Å². The number of hydrogen-bond donors (Lipinski definition) is 1. The van der Waals surface area contributed by atoms with Crippen LogP contribution >= 0.6 is 15.9 Å². The van der Waals surface area contributed by atoms with Crippen LogP contribution in [0, 0.1) is 0 Å². The lowest BCUT2D eigenvalue weighted by molar-refractivity contribution is -0.133. The molecule has 0 saturated carbocycles. The number of hydrogen-bond acceptors (Lipinski definition) is 4. The number of amides is 1. The molecule has 2 heterocycles. The number of nitrogens with zero attached hydrogens (tertiary/aromatic N) is 3. The van der Waals surface area contributed by atoms with Crippen molar-refractivity contribution in [3.63, 3.8) is 0 Å². The zero-order valence-electron chi connectivity index (χ0n) is 10.8. The van der Waals surface area contributed by atoms with E-state index in [1.807, 2.05) is 11.9 Å². The molecule has 6 nitrogen and oxygen atoms in total. The van der Waals surface area contributed by atoms with E-state index < -0.39 is 0 Å². The molecule has 1 aliphatic heterocycles. The number of likely N-dealkylation sites (N-methyl/N-ethyl adjacent to an activating group) is 1. The van der Waals surface area contributed by atoms with Gasteiger partial charge in [0.15, 0.2) is 0 Å². The molecule has 1 aliphatic rings. The van der Waals surface area contributed by atoms with Gasteiger partial charge in [-0.1, -0.05) is 0 Å². The SMILES string of the molecule is CN1CCN(C(=O)Cn2cc(N)c(=O)c(Br)c2)CC1. The first-order chi connectivity index (χ1) is 8.97. The van der Waals surface area contributed by atoms with Crippen molar-refractivity contribution in [2.24, 2.45) is 0 Å². The maximum atomic E-state index is 12.1. The summed E-state index contributed by atoms with van der Waals surface area (Å²) in [7, 11) is 2.04. The lowest BCUT2D eigenvalue weighted by atomic mass is 10.3. The monoisotopic (exact) mass is 328 g/mol. The molecule has 1 aromatic heterocycles. The minimum absolute atomic E-state index is 0.0445. The number of carbonyl (C=O) groups excluding carboxylic acids is 1. The Balaban J connectivity index is 2.05. The minimum atomic E-state index is -0.247. The van der Waals surface area contributed by atoms with Crippen LogP contribution in [0.5, 0.6) is 0 Å². The molecule has 0 atom stereocenters. The van der Waals surface area contributed by atoms with E-state index >= 15 is 0 Å². The van der Waals surface area contributed by atoms with Gasteiger partial charge in [0.05, 0.1) is 10.2 Å². The van der Waals surface area contributed by atoms with E-state index in [0.717, 1.165) is 26.2 Å². The molecule has 104 valence electrons. The Morgan fingerprint density at radius 3 is 2.53 bits per heavy atom. The van der Waals surface area contributed by atoms with Crippen molar-refractivity contribution in [3.05, 3.63) is 27.1 Å². The highest BCUT2D eigenvalue weighted by Crippen LogP contribution is 2.07. The first-order valence-electron chi connectivity index (χ1n) is 6.09. The summed E-state index contributed by atoms with van der Waals surface area (Å²) in [4.78, 5) is 27.6. The van der Waals surface area contributed by atoms with Crippen LogP contribution in [-0.4, -0.2) is 53.5 Å². The summed E-state index contributed by atoms with van der Waals surface area (Å²) in [5, 5.41) is 0. The van der Waals surface area contributed by atoms with Gasteiger partial charge in [0.25, 0.3) is 0 Å². The Kier molecular flexibility index (Phi) is 4.26. The fourth-order valence-corrected chi connectivity index (χ4v) is 2.51. The van der Waals surface area contributed by atoms with Crippen molar-refractivity contribution in [2.45, 2.75) is 6.54 Å². The van der Waals surface area contributed by atoms with Gasteiger partial charge >= 0.3 is 0 Å². The molecule has 0 spiro atoms. The van der Waals surface area contributed by atoms with Crippen LogP contribution in [-0.2, 0) is 11.3 Å². The molecular weight excluding hydrogens is 312 g/mol. The Morgan fingerprint density at radius 2 is 1.95 bits per heavy atom. The number of nitrogen functional groups attached to an aromatic ring is 1. The van der Waals surface area contributed by atoms with Crippen LogP contribution in [0.4, 0.5) is 5.69 Å². The van der Waals surface area contributed by atoms with Crippen LogP contribution < -0.4 is 11.2 Å². The van der Waals surface area contributed by atoms with E-state index in [-0.39, 0.29) is 23.6 Å². The van der Waals surface area contributed by atoms with Gasteiger partial charge < -0.3 is 20.1 Å². The second-order valence-corrected chi connectivity index (χ2v) is 5.60. The third kappa shape index (κ3) is 3.36. The average molecular weight is 329 g/mol. The van der Waals surface area contributed by atoms with Gasteiger partial charge in [-0.3, -0.25) is 9.59 Å². The molecule has 2 N–H and O–H groups in total. The number of carbonyl (C=O) groups is 1. The molecule has 0 bridgehead atoms. The van der Waals surface area contributed by atoms with Crippen molar-refractivity contribution >= 4 is 27.5 Å². The third-order valence-corrected chi connectivity index (χ3v) is 3.80. The number of rotatable bonds is 2. The number of halogens is 1. The maximum absolute atomic E-state index is 12.1. The standard InChI is InChI=1S/C12H17BrN4O2/c1-15-2-4-17(5-3-15)11(18)8-16-6-9(13)12(19)10(14)7-16/h6-7H,2-5,8,14H2,1H3. The second-order valence-electron chi connectivity index (χ2n) is 4.75. The van der Waals surface area contributed by atoms with Crippen molar-refractivity contribution in [1.29, 1.82) is 0 Å².